The van der Waals surface area contributed by atoms with Crippen LogP contribution in [-0.4, -0.2) is 56.6 Å². The zero-order valence-electron chi connectivity index (χ0n) is 18.2. The molecular formula is C25H34O6. The molecule has 1 heterocycles. The zero-order chi connectivity index (χ0) is 21.7. The van der Waals surface area contributed by atoms with Gasteiger partial charge in [0.2, 0.25) is 0 Å². The van der Waals surface area contributed by atoms with Crippen molar-refractivity contribution < 1.29 is 28.8 Å². The standard InChI is InChI=1S/C25H34O6/c1-27-19-22-23(29-17-20-11-5-2-6-12-20)24(30-18-21-13-7-3-8-14-21)25(31-22)28-16-10-4-9-15-26/h2-3,5-8,11-14,22-26H,4,9-10,15-19H2,1H3. The summed E-state index contributed by atoms with van der Waals surface area (Å²) >= 11 is 0. The lowest BCUT2D eigenvalue weighted by atomic mass is 10.1. The molecule has 0 spiro atoms. The predicted molar refractivity (Wildman–Crippen MR) is 117 cm³/mol. The lowest BCUT2D eigenvalue weighted by Gasteiger charge is -2.25. The van der Waals surface area contributed by atoms with Crippen molar-refractivity contribution in [2.45, 2.75) is 57.1 Å². The quantitative estimate of drug-likeness (QED) is 0.461. The fourth-order valence-corrected chi connectivity index (χ4v) is 3.63. The molecule has 4 atom stereocenters. The zero-order valence-corrected chi connectivity index (χ0v) is 18.2. The molecule has 0 aromatic heterocycles. The average Bonchev–Trinajstić information content (AvgIpc) is 3.13. The van der Waals surface area contributed by atoms with Gasteiger partial charge in [-0.25, -0.2) is 0 Å². The molecule has 1 aliphatic heterocycles. The summed E-state index contributed by atoms with van der Waals surface area (Å²) in [6, 6.07) is 20.1. The molecule has 0 saturated carbocycles. The van der Waals surface area contributed by atoms with Gasteiger partial charge in [-0.2, -0.15) is 0 Å². The van der Waals surface area contributed by atoms with Crippen LogP contribution in [0.2, 0.25) is 0 Å². The second-order valence-corrected chi connectivity index (χ2v) is 7.68. The SMILES string of the molecule is COCC1OC(OCCCCCO)C(OCc2ccccc2)C1OCc1ccccc1. The van der Waals surface area contributed by atoms with Crippen molar-refractivity contribution in [2.75, 3.05) is 26.9 Å². The maximum atomic E-state index is 8.96. The summed E-state index contributed by atoms with van der Waals surface area (Å²) in [5.41, 5.74) is 2.18. The Morgan fingerprint density at radius 1 is 0.774 bits per heavy atom. The maximum absolute atomic E-state index is 8.96. The molecule has 3 rings (SSSR count). The molecule has 31 heavy (non-hydrogen) atoms. The van der Waals surface area contributed by atoms with Crippen molar-refractivity contribution in [1.29, 1.82) is 0 Å². The van der Waals surface area contributed by atoms with Gasteiger partial charge in [0.25, 0.3) is 0 Å². The highest BCUT2D eigenvalue weighted by molar-refractivity contribution is 5.14. The second-order valence-electron chi connectivity index (χ2n) is 7.68. The average molecular weight is 431 g/mol. The number of benzene rings is 2. The van der Waals surface area contributed by atoms with E-state index in [0.29, 0.717) is 26.4 Å². The van der Waals surface area contributed by atoms with Crippen molar-refractivity contribution in [3.8, 4) is 0 Å². The van der Waals surface area contributed by atoms with Crippen molar-refractivity contribution >= 4 is 0 Å². The van der Waals surface area contributed by atoms with E-state index < -0.39 is 6.29 Å². The van der Waals surface area contributed by atoms with Gasteiger partial charge in [0.1, 0.15) is 18.3 Å². The monoisotopic (exact) mass is 430 g/mol. The Labute approximate surface area is 185 Å². The van der Waals surface area contributed by atoms with E-state index >= 15 is 0 Å². The first-order valence-electron chi connectivity index (χ1n) is 11.0. The van der Waals surface area contributed by atoms with E-state index in [4.69, 9.17) is 28.8 Å². The van der Waals surface area contributed by atoms with Gasteiger partial charge in [0, 0.05) is 20.3 Å². The summed E-state index contributed by atoms with van der Waals surface area (Å²) in [5.74, 6) is 0. The van der Waals surface area contributed by atoms with Gasteiger partial charge in [0.05, 0.1) is 19.8 Å². The van der Waals surface area contributed by atoms with Crippen LogP contribution in [0.15, 0.2) is 60.7 Å². The number of aliphatic hydroxyl groups is 1. The van der Waals surface area contributed by atoms with Crippen molar-refractivity contribution in [3.63, 3.8) is 0 Å². The van der Waals surface area contributed by atoms with Gasteiger partial charge in [-0.3, -0.25) is 0 Å². The minimum absolute atomic E-state index is 0.202. The number of methoxy groups -OCH3 is 1. The van der Waals surface area contributed by atoms with Crippen LogP contribution in [0.5, 0.6) is 0 Å². The lowest BCUT2D eigenvalue weighted by molar-refractivity contribution is -0.184. The Bertz CT molecular complexity index is 710. The summed E-state index contributed by atoms with van der Waals surface area (Å²) in [4.78, 5) is 0. The Morgan fingerprint density at radius 3 is 1.97 bits per heavy atom. The number of ether oxygens (including phenoxy) is 5. The van der Waals surface area contributed by atoms with Crippen LogP contribution >= 0.6 is 0 Å². The van der Waals surface area contributed by atoms with E-state index in [9.17, 15) is 0 Å². The summed E-state index contributed by atoms with van der Waals surface area (Å²) in [5, 5.41) is 8.96. The molecular weight excluding hydrogens is 396 g/mol. The molecule has 2 aromatic carbocycles. The normalized spacial score (nSPS) is 23.3. The first kappa shape index (κ1) is 23.9. The van der Waals surface area contributed by atoms with E-state index in [0.717, 1.165) is 30.4 Å². The fraction of sp³-hybridized carbons (Fsp3) is 0.520. The highest BCUT2D eigenvalue weighted by atomic mass is 16.7. The molecule has 1 fully saturated rings. The number of unbranched alkanes of at least 4 members (excludes halogenated alkanes) is 2. The molecule has 4 unspecified atom stereocenters. The summed E-state index contributed by atoms with van der Waals surface area (Å²) in [6.45, 7) is 2.05. The fourth-order valence-electron chi connectivity index (χ4n) is 3.63. The lowest BCUT2D eigenvalue weighted by Crippen LogP contribution is -2.39. The van der Waals surface area contributed by atoms with Gasteiger partial charge in [-0.15, -0.1) is 0 Å². The van der Waals surface area contributed by atoms with E-state index in [1.807, 2.05) is 60.7 Å². The number of aliphatic hydroxyl groups excluding tert-OH is 1. The number of hydrogen-bond acceptors (Lipinski definition) is 6. The summed E-state index contributed by atoms with van der Waals surface area (Å²) in [6.07, 6.45) is 1.05. The smallest absolute Gasteiger partial charge is 0.186 e. The Kier molecular flexibility index (Phi) is 10.4. The van der Waals surface area contributed by atoms with Crippen LogP contribution in [0.4, 0.5) is 0 Å². The molecule has 1 aliphatic rings. The molecule has 0 amide bonds. The van der Waals surface area contributed by atoms with Crippen molar-refractivity contribution in [1.82, 2.24) is 0 Å². The first-order valence-corrected chi connectivity index (χ1v) is 11.0. The Hall–Kier alpha value is -1.80. The van der Waals surface area contributed by atoms with Crippen LogP contribution in [0, 0.1) is 0 Å². The van der Waals surface area contributed by atoms with E-state index in [1.165, 1.54) is 0 Å². The predicted octanol–water partition coefficient (Wildman–Crippen LogP) is 3.71. The van der Waals surface area contributed by atoms with E-state index in [1.54, 1.807) is 7.11 Å². The topological polar surface area (TPSA) is 66.4 Å². The van der Waals surface area contributed by atoms with Gasteiger partial charge in [0.15, 0.2) is 6.29 Å². The summed E-state index contributed by atoms with van der Waals surface area (Å²) in [7, 11) is 1.65. The maximum Gasteiger partial charge on any atom is 0.186 e. The number of rotatable bonds is 14. The molecule has 1 N–H and O–H groups in total. The van der Waals surface area contributed by atoms with Crippen LogP contribution in [0.1, 0.15) is 30.4 Å². The van der Waals surface area contributed by atoms with Crippen LogP contribution in [-0.2, 0) is 36.9 Å². The summed E-state index contributed by atoms with van der Waals surface area (Å²) < 4.78 is 30.2. The second kappa shape index (κ2) is 13.6. The van der Waals surface area contributed by atoms with Crippen molar-refractivity contribution in [2.24, 2.45) is 0 Å². The molecule has 0 radical (unpaired) electrons. The van der Waals surface area contributed by atoms with Gasteiger partial charge >= 0.3 is 0 Å². The third-order valence-electron chi connectivity index (χ3n) is 5.25. The largest absolute Gasteiger partial charge is 0.396 e. The third-order valence-corrected chi connectivity index (χ3v) is 5.25. The first-order chi connectivity index (χ1) is 15.3. The minimum Gasteiger partial charge on any atom is -0.396 e. The molecule has 0 aliphatic carbocycles. The highest BCUT2D eigenvalue weighted by Gasteiger charge is 2.47. The minimum atomic E-state index is -0.529. The molecule has 1 saturated heterocycles. The number of hydrogen-bond donors (Lipinski definition) is 1. The molecule has 170 valence electrons. The van der Waals surface area contributed by atoms with Crippen LogP contribution < -0.4 is 0 Å². The highest BCUT2D eigenvalue weighted by Crippen LogP contribution is 2.29. The Morgan fingerprint density at radius 2 is 1.39 bits per heavy atom. The molecule has 6 heteroatoms. The van der Waals surface area contributed by atoms with Gasteiger partial charge in [-0.05, 0) is 30.4 Å². The van der Waals surface area contributed by atoms with E-state index in [2.05, 4.69) is 0 Å². The van der Waals surface area contributed by atoms with Crippen LogP contribution in [0.3, 0.4) is 0 Å². The van der Waals surface area contributed by atoms with Crippen LogP contribution in [0.25, 0.3) is 0 Å². The molecule has 0 bridgehead atoms. The third kappa shape index (κ3) is 7.68. The Balaban J connectivity index is 1.66. The molecule has 2 aromatic rings. The van der Waals surface area contributed by atoms with E-state index in [-0.39, 0.29) is 24.9 Å². The molecule has 6 nitrogen and oxygen atoms in total. The van der Waals surface area contributed by atoms with Crippen molar-refractivity contribution in [3.05, 3.63) is 71.8 Å². The van der Waals surface area contributed by atoms with Gasteiger partial charge < -0.3 is 28.8 Å². The van der Waals surface area contributed by atoms with Gasteiger partial charge in [-0.1, -0.05) is 60.7 Å².